The molecule has 0 atom stereocenters. The van der Waals surface area contributed by atoms with Crippen molar-refractivity contribution in [3.8, 4) is 22.9 Å². The van der Waals surface area contributed by atoms with Gasteiger partial charge in [-0.25, -0.2) is 9.97 Å². The molecule has 0 N–H and O–H groups in total. The number of ether oxygens (including phenoxy) is 2. The standard InChI is InChI=1S/C12H12N2O2/c1-15-10-5-4-9(8-11(10)16-2)12-13-6-3-7-14-12/h3-8H,1-2H3. The first-order chi connectivity index (χ1) is 7.85. The Morgan fingerprint density at radius 1 is 0.938 bits per heavy atom. The smallest absolute Gasteiger partial charge is 0.161 e. The van der Waals surface area contributed by atoms with Gasteiger partial charge >= 0.3 is 0 Å². The quantitative estimate of drug-likeness (QED) is 0.788. The van der Waals surface area contributed by atoms with E-state index in [0.29, 0.717) is 17.3 Å². The van der Waals surface area contributed by atoms with E-state index in [2.05, 4.69) is 9.97 Å². The Balaban J connectivity index is 2.44. The second kappa shape index (κ2) is 4.61. The van der Waals surface area contributed by atoms with Crippen molar-refractivity contribution in [3.05, 3.63) is 36.7 Å². The molecule has 1 aromatic heterocycles. The topological polar surface area (TPSA) is 44.2 Å². The molecule has 0 aliphatic heterocycles. The number of hydrogen-bond donors (Lipinski definition) is 0. The van der Waals surface area contributed by atoms with E-state index in [1.54, 1.807) is 32.7 Å². The van der Waals surface area contributed by atoms with Crippen molar-refractivity contribution in [3.63, 3.8) is 0 Å². The molecule has 1 aromatic carbocycles. The van der Waals surface area contributed by atoms with Crippen molar-refractivity contribution in [2.75, 3.05) is 14.2 Å². The molecule has 0 aliphatic carbocycles. The molecule has 0 amide bonds. The normalized spacial score (nSPS) is 9.88. The highest BCUT2D eigenvalue weighted by Crippen LogP contribution is 2.30. The number of aromatic nitrogens is 2. The highest BCUT2D eigenvalue weighted by Gasteiger charge is 2.06. The number of nitrogens with zero attached hydrogens (tertiary/aromatic N) is 2. The number of hydrogen-bond acceptors (Lipinski definition) is 4. The third-order valence-corrected chi connectivity index (χ3v) is 2.21. The zero-order valence-corrected chi connectivity index (χ0v) is 9.18. The first-order valence-corrected chi connectivity index (χ1v) is 4.84. The molecule has 2 rings (SSSR count). The number of methoxy groups -OCH3 is 2. The molecule has 0 spiro atoms. The Morgan fingerprint density at radius 3 is 2.25 bits per heavy atom. The molecule has 16 heavy (non-hydrogen) atoms. The van der Waals surface area contributed by atoms with Crippen LogP contribution in [0.25, 0.3) is 11.4 Å². The van der Waals surface area contributed by atoms with E-state index < -0.39 is 0 Å². The molecule has 0 saturated carbocycles. The summed E-state index contributed by atoms with van der Waals surface area (Å²) in [6.45, 7) is 0. The highest BCUT2D eigenvalue weighted by molar-refractivity contribution is 5.60. The minimum absolute atomic E-state index is 0.670. The lowest BCUT2D eigenvalue weighted by atomic mass is 10.2. The van der Waals surface area contributed by atoms with Gasteiger partial charge in [-0.2, -0.15) is 0 Å². The van der Waals surface area contributed by atoms with Gasteiger partial charge in [0.25, 0.3) is 0 Å². The Kier molecular flexibility index (Phi) is 3.00. The lowest BCUT2D eigenvalue weighted by Gasteiger charge is -2.08. The van der Waals surface area contributed by atoms with Gasteiger partial charge in [-0.05, 0) is 24.3 Å². The summed E-state index contributed by atoms with van der Waals surface area (Å²) in [4.78, 5) is 8.34. The van der Waals surface area contributed by atoms with Crippen LogP contribution in [0.15, 0.2) is 36.7 Å². The summed E-state index contributed by atoms with van der Waals surface area (Å²) in [6, 6.07) is 7.37. The zero-order valence-electron chi connectivity index (χ0n) is 9.18. The van der Waals surface area contributed by atoms with Gasteiger partial charge in [-0.3, -0.25) is 0 Å². The van der Waals surface area contributed by atoms with Gasteiger partial charge in [0, 0.05) is 18.0 Å². The van der Waals surface area contributed by atoms with Gasteiger partial charge in [-0.1, -0.05) is 0 Å². The summed E-state index contributed by atoms with van der Waals surface area (Å²) in [7, 11) is 3.21. The number of rotatable bonds is 3. The number of benzene rings is 1. The monoisotopic (exact) mass is 216 g/mol. The minimum atomic E-state index is 0.670. The Bertz CT molecular complexity index is 472. The Morgan fingerprint density at radius 2 is 1.62 bits per heavy atom. The van der Waals surface area contributed by atoms with Crippen LogP contribution < -0.4 is 9.47 Å². The lowest BCUT2D eigenvalue weighted by Crippen LogP contribution is -1.92. The van der Waals surface area contributed by atoms with Crippen LogP contribution in [-0.4, -0.2) is 24.2 Å². The van der Waals surface area contributed by atoms with Gasteiger partial charge in [0.15, 0.2) is 17.3 Å². The molecular weight excluding hydrogens is 204 g/mol. The van der Waals surface area contributed by atoms with Crippen LogP contribution in [0.3, 0.4) is 0 Å². The molecule has 0 saturated heterocycles. The van der Waals surface area contributed by atoms with E-state index in [9.17, 15) is 0 Å². The Labute approximate surface area is 93.9 Å². The van der Waals surface area contributed by atoms with Crippen LogP contribution in [0, 0.1) is 0 Å². The van der Waals surface area contributed by atoms with Crippen molar-refractivity contribution < 1.29 is 9.47 Å². The van der Waals surface area contributed by atoms with Crippen LogP contribution >= 0.6 is 0 Å². The molecule has 0 unspecified atom stereocenters. The molecule has 0 fully saturated rings. The molecule has 0 aliphatic rings. The summed E-state index contributed by atoms with van der Waals surface area (Å²) >= 11 is 0. The summed E-state index contributed by atoms with van der Waals surface area (Å²) in [5.74, 6) is 2.04. The zero-order chi connectivity index (χ0) is 11.4. The van der Waals surface area contributed by atoms with Gasteiger partial charge in [0.05, 0.1) is 14.2 Å². The van der Waals surface area contributed by atoms with E-state index in [4.69, 9.17) is 9.47 Å². The van der Waals surface area contributed by atoms with E-state index in [0.717, 1.165) is 5.56 Å². The second-order valence-corrected chi connectivity index (χ2v) is 3.14. The maximum Gasteiger partial charge on any atom is 0.161 e. The van der Waals surface area contributed by atoms with Crippen LogP contribution in [0.5, 0.6) is 11.5 Å². The van der Waals surface area contributed by atoms with Gasteiger partial charge in [0.2, 0.25) is 0 Å². The van der Waals surface area contributed by atoms with E-state index >= 15 is 0 Å². The molecule has 1 heterocycles. The van der Waals surface area contributed by atoms with Crippen molar-refractivity contribution >= 4 is 0 Å². The molecule has 4 nitrogen and oxygen atoms in total. The first-order valence-electron chi connectivity index (χ1n) is 4.84. The molecule has 0 radical (unpaired) electrons. The van der Waals surface area contributed by atoms with Crippen LogP contribution in [0.4, 0.5) is 0 Å². The van der Waals surface area contributed by atoms with Gasteiger partial charge in [-0.15, -0.1) is 0 Å². The minimum Gasteiger partial charge on any atom is -0.493 e. The van der Waals surface area contributed by atoms with Crippen molar-refractivity contribution in [1.29, 1.82) is 0 Å². The third kappa shape index (κ3) is 1.95. The van der Waals surface area contributed by atoms with Crippen LogP contribution in [-0.2, 0) is 0 Å². The van der Waals surface area contributed by atoms with Gasteiger partial charge in [0.1, 0.15) is 0 Å². The molecule has 0 bridgehead atoms. The average molecular weight is 216 g/mol. The van der Waals surface area contributed by atoms with Crippen molar-refractivity contribution in [1.82, 2.24) is 9.97 Å². The van der Waals surface area contributed by atoms with Crippen molar-refractivity contribution in [2.24, 2.45) is 0 Å². The fraction of sp³-hybridized carbons (Fsp3) is 0.167. The summed E-state index contributed by atoms with van der Waals surface area (Å²) < 4.78 is 10.4. The molecular formula is C12H12N2O2. The summed E-state index contributed by atoms with van der Waals surface area (Å²) in [5.41, 5.74) is 0.901. The largest absolute Gasteiger partial charge is 0.493 e. The molecule has 4 heteroatoms. The summed E-state index contributed by atoms with van der Waals surface area (Å²) in [5, 5.41) is 0. The first kappa shape index (κ1) is 10.4. The second-order valence-electron chi connectivity index (χ2n) is 3.14. The van der Waals surface area contributed by atoms with Crippen molar-refractivity contribution in [2.45, 2.75) is 0 Å². The lowest BCUT2D eigenvalue weighted by molar-refractivity contribution is 0.355. The fourth-order valence-electron chi connectivity index (χ4n) is 1.42. The van der Waals surface area contributed by atoms with Gasteiger partial charge < -0.3 is 9.47 Å². The predicted molar refractivity (Wildman–Crippen MR) is 60.6 cm³/mol. The summed E-state index contributed by atoms with van der Waals surface area (Å²) in [6.07, 6.45) is 3.41. The average Bonchev–Trinajstić information content (AvgIpc) is 2.39. The third-order valence-electron chi connectivity index (χ3n) is 2.21. The van der Waals surface area contributed by atoms with E-state index in [1.807, 2.05) is 18.2 Å². The highest BCUT2D eigenvalue weighted by atomic mass is 16.5. The molecule has 2 aromatic rings. The SMILES string of the molecule is COc1ccc(-c2ncccn2)cc1OC. The maximum absolute atomic E-state index is 5.22. The predicted octanol–water partition coefficient (Wildman–Crippen LogP) is 2.16. The van der Waals surface area contributed by atoms with E-state index in [1.165, 1.54) is 0 Å². The fourth-order valence-corrected chi connectivity index (χ4v) is 1.42. The van der Waals surface area contributed by atoms with Crippen LogP contribution in [0.1, 0.15) is 0 Å². The Hall–Kier alpha value is -2.10. The molecule has 82 valence electrons. The van der Waals surface area contributed by atoms with E-state index in [-0.39, 0.29) is 0 Å². The maximum atomic E-state index is 5.22. The van der Waals surface area contributed by atoms with Crippen LogP contribution in [0.2, 0.25) is 0 Å².